The fourth-order valence-corrected chi connectivity index (χ4v) is 1.07. The van der Waals surface area contributed by atoms with Gasteiger partial charge in [-0.25, -0.2) is 0 Å². The summed E-state index contributed by atoms with van der Waals surface area (Å²) in [6, 6.07) is 5.81. The molecule has 0 heterocycles. The SMILES string of the molecule is C#CCCOc1ccc(C#N)c([N+](=O)[O-])c1. The first-order valence-electron chi connectivity index (χ1n) is 4.44. The van der Waals surface area contributed by atoms with Gasteiger partial charge in [-0.3, -0.25) is 10.1 Å². The van der Waals surface area contributed by atoms with E-state index in [0.717, 1.165) is 0 Å². The maximum Gasteiger partial charge on any atom is 0.290 e. The van der Waals surface area contributed by atoms with Gasteiger partial charge in [0.05, 0.1) is 17.6 Å². The largest absolute Gasteiger partial charge is 0.492 e. The maximum atomic E-state index is 10.6. The molecule has 0 atom stereocenters. The average Bonchev–Trinajstić information content (AvgIpc) is 2.29. The van der Waals surface area contributed by atoms with Gasteiger partial charge in [-0.05, 0) is 12.1 Å². The Morgan fingerprint density at radius 1 is 1.56 bits per heavy atom. The number of nitriles is 1. The second-order valence-electron chi connectivity index (χ2n) is 2.85. The molecule has 1 aromatic rings. The third-order valence-electron chi connectivity index (χ3n) is 1.80. The third-order valence-corrected chi connectivity index (χ3v) is 1.80. The molecule has 0 spiro atoms. The van der Waals surface area contributed by atoms with Crippen LogP contribution in [-0.4, -0.2) is 11.5 Å². The predicted molar refractivity (Wildman–Crippen MR) is 56.8 cm³/mol. The highest BCUT2D eigenvalue weighted by molar-refractivity contribution is 5.52. The number of benzene rings is 1. The summed E-state index contributed by atoms with van der Waals surface area (Å²) >= 11 is 0. The van der Waals surface area contributed by atoms with Crippen LogP contribution in [0.5, 0.6) is 5.75 Å². The molecule has 0 aliphatic carbocycles. The quantitative estimate of drug-likeness (QED) is 0.333. The first kappa shape index (κ1) is 11.5. The summed E-state index contributed by atoms with van der Waals surface area (Å²) in [5.41, 5.74) is -0.255. The van der Waals surface area contributed by atoms with E-state index in [2.05, 4.69) is 5.92 Å². The predicted octanol–water partition coefficient (Wildman–Crippen LogP) is 1.87. The van der Waals surface area contributed by atoms with E-state index in [1.165, 1.54) is 18.2 Å². The topological polar surface area (TPSA) is 76.2 Å². The summed E-state index contributed by atoms with van der Waals surface area (Å²) < 4.78 is 5.18. The molecule has 1 aromatic carbocycles. The Labute approximate surface area is 92.4 Å². The molecule has 0 amide bonds. The van der Waals surface area contributed by atoms with E-state index in [1.807, 2.05) is 0 Å². The van der Waals surface area contributed by atoms with Crippen LogP contribution in [0.3, 0.4) is 0 Å². The van der Waals surface area contributed by atoms with Gasteiger partial charge in [-0.1, -0.05) is 0 Å². The molecule has 0 aliphatic heterocycles. The highest BCUT2D eigenvalue weighted by Crippen LogP contribution is 2.23. The second kappa shape index (κ2) is 5.38. The van der Waals surface area contributed by atoms with Gasteiger partial charge in [0.2, 0.25) is 0 Å². The fraction of sp³-hybridized carbons (Fsp3) is 0.182. The van der Waals surface area contributed by atoms with Crippen molar-refractivity contribution in [3.05, 3.63) is 33.9 Å². The Balaban J connectivity index is 2.91. The van der Waals surface area contributed by atoms with E-state index in [-0.39, 0.29) is 11.3 Å². The minimum absolute atomic E-state index is 0.00861. The van der Waals surface area contributed by atoms with E-state index < -0.39 is 4.92 Å². The number of terminal acetylenes is 1. The van der Waals surface area contributed by atoms with Crippen LogP contribution < -0.4 is 4.74 Å². The van der Waals surface area contributed by atoms with Gasteiger partial charge in [0.15, 0.2) is 0 Å². The van der Waals surface area contributed by atoms with Crippen molar-refractivity contribution in [2.24, 2.45) is 0 Å². The number of hydrogen-bond donors (Lipinski definition) is 0. The van der Waals surface area contributed by atoms with Crippen molar-refractivity contribution < 1.29 is 9.66 Å². The van der Waals surface area contributed by atoms with Crippen molar-refractivity contribution in [3.8, 4) is 24.2 Å². The highest BCUT2D eigenvalue weighted by Gasteiger charge is 2.14. The average molecular weight is 216 g/mol. The second-order valence-corrected chi connectivity index (χ2v) is 2.85. The molecule has 0 fully saturated rings. The zero-order valence-electron chi connectivity index (χ0n) is 8.34. The minimum Gasteiger partial charge on any atom is -0.492 e. The van der Waals surface area contributed by atoms with Crippen LogP contribution >= 0.6 is 0 Å². The lowest BCUT2D eigenvalue weighted by atomic mass is 10.2. The highest BCUT2D eigenvalue weighted by atomic mass is 16.6. The number of rotatable bonds is 4. The van der Waals surface area contributed by atoms with Crippen LogP contribution in [0.25, 0.3) is 0 Å². The molecule has 0 unspecified atom stereocenters. The Hall–Kier alpha value is -2.53. The summed E-state index contributed by atoms with van der Waals surface area (Å²) in [6.07, 6.45) is 5.46. The van der Waals surface area contributed by atoms with Gasteiger partial charge >= 0.3 is 0 Å². The molecule has 0 aromatic heterocycles. The Morgan fingerprint density at radius 2 is 2.31 bits per heavy atom. The van der Waals surface area contributed by atoms with Gasteiger partial charge in [0.1, 0.15) is 17.4 Å². The molecule has 0 radical (unpaired) electrons. The van der Waals surface area contributed by atoms with Crippen LogP contribution in [-0.2, 0) is 0 Å². The van der Waals surface area contributed by atoms with Gasteiger partial charge in [0, 0.05) is 6.42 Å². The summed E-state index contributed by atoms with van der Waals surface area (Å²) in [7, 11) is 0. The van der Waals surface area contributed by atoms with Crippen molar-refractivity contribution in [1.29, 1.82) is 5.26 Å². The van der Waals surface area contributed by atoms with E-state index >= 15 is 0 Å². The third kappa shape index (κ3) is 2.73. The number of nitro benzene ring substituents is 1. The monoisotopic (exact) mass is 216 g/mol. The molecule has 16 heavy (non-hydrogen) atoms. The zero-order chi connectivity index (χ0) is 12.0. The normalized spacial score (nSPS) is 8.88. The first-order valence-corrected chi connectivity index (χ1v) is 4.44. The van der Waals surface area contributed by atoms with E-state index in [0.29, 0.717) is 18.8 Å². The fourth-order valence-electron chi connectivity index (χ4n) is 1.07. The molecule has 0 saturated carbocycles. The molecule has 0 aliphatic rings. The summed E-state index contributed by atoms with van der Waals surface area (Å²) in [5, 5.41) is 19.3. The molecule has 5 nitrogen and oxygen atoms in total. The summed E-state index contributed by atoms with van der Waals surface area (Å²) in [4.78, 5) is 10.0. The van der Waals surface area contributed by atoms with Gasteiger partial charge < -0.3 is 4.74 Å². The van der Waals surface area contributed by atoms with Gasteiger partial charge in [0.25, 0.3) is 5.69 Å². The Kier molecular flexibility index (Phi) is 3.88. The van der Waals surface area contributed by atoms with Crippen LogP contribution in [0.15, 0.2) is 18.2 Å². The Bertz CT molecular complexity index is 483. The van der Waals surface area contributed by atoms with Crippen molar-refractivity contribution in [2.75, 3.05) is 6.61 Å². The van der Waals surface area contributed by atoms with E-state index in [1.54, 1.807) is 6.07 Å². The van der Waals surface area contributed by atoms with Crippen LogP contribution in [0.4, 0.5) is 5.69 Å². The lowest BCUT2D eigenvalue weighted by Crippen LogP contribution is -1.98. The number of nitro groups is 1. The number of hydrogen-bond acceptors (Lipinski definition) is 4. The Morgan fingerprint density at radius 3 is 2.88 bits per heavy atom. The van der Waals surface area contributed by atoms with Gasteiger partial charge in [-0.2, -0.15) is 5.26 Å². The molecule has 80 valence electrons. The zero-order valence-corrected chi connectivity index (χ0v) is 8.34. The number of nitrogens with zero attached hydrogens (tertiary/aromatic N) is 2. The molecule has 0 N–H and O–H groups in total. The van der Waals surface area contributed by atoms with Crippen molar-refractivity contribution >= 4 is 5.69 Å². The standard InChI is InChI=1S/C11H8N2O3/c1-2-3-6-16-10-5-4-9(8-12)11(7-10)13(14)15/h1,4-5,7H,3,6H2. The maximum absolute atomic E-state index is 10.6. The van der Waals surface area contributed by atoms with Crippen LogP contribution in [0.1, 0.15) is 12.0 Å². The summed E-state index contributed by atoms with van der Waals surface area (Å²) in [5.74, 6) is 2.72. The van der Waals surface area contributed by atoms with Crippen LogP contribution in [0, 0.1) is 33.8 Å². The van der Waals surface area contributed by atoms with Gasteiger partial charge in [-0.15, -0.1) is 12.3 Å². The van der Waals surface area contributed by atoms with E-state index in [4.69, 9.17) is 16.4 Å². The lowest BCUT2D eigenvalue weighted by molar-refractivity contribution is -0.385. The van der Waals surface area contributed by atoms with Crippen LogP contribution in [0.2, 0.25) is 0 Å². The molecule has 0 saturated heterocycles. The molecular weight excluding hydrogens is 208 g/mol. The first-order chi connectivity index (χ1) is 7.69. The summed E-state index contributed by atoms with van der Waals surface area (Å²) in [6.45, 7) is 0.291. The molecule has 1 rings (SSSR count). The molecular formula is C11H8N2O3. The molecule has 5 heteroatoms. The smallest absolute Gasteiger partial charge is 0.290 e. The van der Waals surface area contributed by atoms with Crippen molar-refractivity contribution in [2.45, 2.75) is 6.42 Å². The van der Waals surface area contributed by atoms with Crippen molar-refractivity contribution in [3.63, 3.8) is 0 Å². The number of ether oxygens (including phenoxy) is 1. The van der Waals surface area contributed by atoms with E-state index in [9.17, 15) is 10.1 Å². The minimum atomic E-state index is -0.618. The molecule has 0 bridgehead atoms. The van der Waals surface area contributed by atoms with Crippen molar-refractivity contribution in [1.82, 2.24) is 0 Å². The lowest BCUT2D eigenvalue weighted by Gasteiger charge is -2.03.